The lowest BCUT2D eigenvalue weighted by atomic mass is 10.2. The summed E-state index contributed by atoms with van der Waals surface area (Å²) in [5.41, 5.74) is 2.10. The first-order valence-corrected chi connectivity index (χ1v) is 11.8. The van der Waals surface area contributed by atoms with Crippen molar-refractivity contribution < 1.29 is 14.3 Å². The molecule has 0 aromatic heterocycles. The molecule has 2 rings (SSSR count). The maximum Gasteiger partial charge on any atom is 0.251 e. The van der Waals surface area contributed by atoms with E-state index in [-0.39, 0.29) is 18.4 Å². The fraction of sp³-hybridized carbons (Fsp3) is 0.462. The van der Waals surface area contributed by atoms with Crippen LogP contribution in [0.15, 0.2) is 48.5 Å². The van der Waals surface area contributed by atoms with Crippen LogP contribution in [-0.4, -0.2) is 31.5 Å². The molecule has 0 unspecified atom stereocenters. The minimum Gasteiger partial charge on any atom is -0.494 e. The third-order valence-corrected chi connectivity index (χ3v) is 5.07. The Labute approximate surface area is 192 Å². The molecule has 0 bridgehead atoms. The summed E-state index contributed by atoms with van der Waals surface area (Å²) in [5, 5.41) is 8.82. The van der Waals surface area contributed by atoms with E-state index in [1.54, 1.807) is 24.3 Å². The summed E-state index contributed by atoms with van der Waals surface area (Å²) in [7, 11) is 0. The van der Waals surface area contributed by atoms with Gasteiger partial charge in [0.15, 0.2) is 0 Å². The van der Waals surface area contributed by atoms with Crippen LogP contribution in [0, 0.1) is 0 Å². The Kier molecular flexibility index (Phi) is 11.7. The zero-order valence-corrected chi connectivity index (χ0v) is 19.4. The highest BCUT2D eigenvalue weighted by molar-refractivity contribution is 5.96. The largest absolute Gasteiger partial charge is 0.494 e. The molecule has 3 N–H and O–H groups in total. The van der Waals surface area contributed by atoms with Crippen LogP contribution in [0.1, 0.15) is 69.2 Å². The molecular weight excluding hydrogens is 402 g/mol. The number of nitrogens with one attached hydrogen (secondary N) is 3. The molecular formula is C26H37N3O3. The highest BCUT2D eigenvalue weighted by atomic mass is 16.5. The molecule has 0 aliphatic heterocycles. The summed E-state index contributed by atoms with van der Waals surface area (Å²) >= 11 is 0. The summed E-state index contributed by atoms with van der Waals surface area (Å²) < 4.78 is 5.76. The summed E-state index contributed by atoms with van der Waals surface area (Å²) in [6, 6.07) is 14.5. The minimum absolute atomic E-state index is 0.0955. The first kappa shape index (κ1) is 25.2. The molecule has 0 heterocycles. The molecule has 0 saturated carbocycles. The SMILES string of the molecule is CCCCCCCOc1ccc(NCC(=O)Nc2ccc(C(=O)NCCCC)cc2)cc1. The van der Waals surface area contributed by atoms with Gasteiger partial charge in [-0.3, -0.25) is 9.59 Å². The predicted octanol–water partition coefficient (Wildman–Crippen LogP) is 5.62. The molecule has 0 saturated heterocycles. The van der Waals surface area contributed by atoms with Gasteiger partial charge in [0.05, 0.1) is 13.2 Å². The van der Waals surface area contributed by atoms with Crippen LogP contribution < -0.4 is 20.7 Å². The normalized spacial score (nSPS) is 10.4. The molecule has 0 aliphatic rings. The molecule has 0 fully saturated rings. The third-order valence-electron chi connectivity index (χ3n) is 5.07. The van der Waals surface area contributed by atoms with Gasteiger partial charge in [0.2, 0.25) is 5.91 Å². The molecule has 2 aromatic rings. The van der Waals surface area contributed by atoms with Crippen LogP contribution in [0.3, 0.4) is 0 Å². The molecule has 174 valence electrons. The standard InChI is InChI=1S/C26H37N3O3/c1-3-5-7-8-9-19-32-24-16-14-22(15-17-24)28-20-25(30)29-23-12-10-21(11-13-23)26(31)27-18-6-4-2/h10-17,28H,3-9,18-20H2,1-2H3,(H,27,31)(H,29,30). The number of carbonyl (C=O) groups is 2. The molecule has 0 atom stereocenters. The number of hydrogen-bond acceptors (Lipinski definition) is 4. The molecule has 2 aromatic carbocycles. The van der Waals surface area contributed by atoms with Crippen molar-refractivity contribution in [3.63, 3.8) is 0 Å². The Morgan fingerprint density at radius 3 is 2.12 bits per heavy atom. The highest BCUT2D eigenvalue weighted by Gasteiger charge is 2.06. The quantitative estimate of drug-likeness (QED) is 0.315. The van der Waals surface area contributed by atoms with Gasteiger partial charge in [0, 0.05) is 23.5 Å². The lowest BCUT2D eigenvalue weighted by Gasteiger charge is -2.10. The van der Waals surface area contributed by atoms with Crippen molar-refractivity contribution in [3.8, 4) is 5.75 Å². The molecule has 0 radical (unpaired) electrons. The second kappa shape index (κ2) is 14.9. The van der Waals surface area contributed by atoms with Gasteiger partial charge in [0.25, 0.3) is 5.91 Å². The summed E-state index contributed by atoms with van der Waals surface area (Å²) in [6.07, 6.45) is 8.08. The van der Waals surface area contributed by atoms with E-state index in [4.69, 9.17) is 4.74 Å². The number of benzene rings is 2. The van der Waals surface area contributed by atoms with Gasteiger partial charge in [-0.1, -0.05) is 46.0 Å². The van der Waals surface area contributed by atoms with E-state index < -0.39 is 0 Å². The Morgan fingerprint density at radius 1 is 0.781 bits per heavy atom. The fourth-order valence-electron chi connectivity index (χ4n) is 3.14. The van der Waals surface area contributed by atoms with Crippen molar-refractivity contribution in [1.82, 2.24) is 5.32 Å². The molecule has 32 heavy (non-hydrogen) atoms. The van der Waals surface area contributed by atoms with Crippen LogP contribution in [-0.2, 0) is 4.79 Å². The van der Waals surface area contributed by atoms with Gasteiger partial charge in [-0.05, 0) is 61.4 Å². The van der Waals surface area contributed by atoms with Crippen molar-refractivity contribution in [3.05, 3.63) is 54.1 Å². The van der Waals surface area contributed by atoms with E-state index in [1.807, 2.05) is 24.3 Å². The number of hydrogen-bond donors (Lipinski definition) is 3. The van der Waals surface area contributed by atoms with Crippen LogP contribution in [0.5, 0.6) is 5.75 Å². The maximum absolute atomic E-state index is 12.2. The van der Waals surface area contributed by atoms with Crippen LogP contribution in [0.4, 0.5) is 11.4 Å². The molecule has 6 nitrogen and oxygen atoms in total. The first-order chi connectivity index (χ1) is 15.6. The van der Waals surface area contributed by atoms with Gasteiger partial charge < -0.3 is 20.7 Å². The van der Waals surface area contributed by atoms with E-state index in [9.17, 15) is 9.59 Å². The monoisotopic (exact) mass is 439 g/mol. The van der Waals surface area contributed by atoms with Crippen molar-refractivity contribution in [2.45, 2.75) is 58.8 Å². The lowest BCUT2D eigenvalue weighted by molar-refractivity contribution is -0.114. The summed E-state index contributed by atoms with van der Waals surface area (Å²) in [4.78, 5) is 24.2. The fourth-order valence-corrected chi connectivity index (χ4v) is 3.14. The number of amides is 2. The third kappa shape index (κ3) is 9.86. The molecule has 2 amide bonds. The molecule has 6 heteroatoms. The Balaban J connectivity index is 1.68. The van der Waals surface area contributed by atoms with Gasteiger partial charge in [-0.25, -0.2) is 0 Å². The van der Waals surface area contributed by atoms with Crippen molar-refractivity contribution in [1.29, 1.82) is 0 Å². The summed E-state index contributed by atoms with van der Waals surface area (Å²) in [6.45, 7) is 5.85. The van der Waals surface area contributed by atoms with Crippen LogP contribution >= 0.6 is 0 Å². The Morgan fingerprint density at radius 2 is 1.44 bits per heavy atom. The molecule has 0 spiro atoms. The maximum atomic E-state index is 12.2. The van der Waals surface area contributed by atoms with E-state index in [0.717, 1.165) is 37.3 Å². The van der Waals surface area contributed by atoms with Crippen molar-refractivity contribution >= 4 is 23.2 Å². The van der Waals surface area contributed by atoms with Crippen LogP contribution in [0.2, 0.25) is 0 Å². The Bertz CT molecular complexity index is 804. The predicted molar refractivity (Wildman–Crippen MR) is 131 cm³/mol. The van der Waals surface area contributed by atoms with Crippen molar-refractivity contribution in [2.75, 3.05) is 30.3 Å². The van der Waals surface area contributed by atoms with Crippen molar-refractivity contribution in [2.24, 2.45) is 0 Å². The second-order valence-electron chi connectivity index (χ2n) is 7.88. The lowest BCUT2D eigenvalue weighted by Crippen LogP contribution is -2.24. The number of ether oxygens (including phenoxy) is 1. The second-order valence-corrected chi connectivity index (χ2v) is 7.88. The number of anilines is 2. The minimum atomic E-state index is -0.155. The van der Waals surface area contributed by atoms with E-state index in [2.05, 4.69) is 29.8 Å². The van der Waals surface area contributed by atoms with Gasteiger partial charge in [-0.15, -0.1) is 0 Å². The zero-order chi connectivity index (χ0) is 23.0. The number of rotatable bonds is 15. The average Bonchev–Trinajstić information content (AvgIpc) is 2.81. The first-order valence-electron chi connectivity index (χ1n) is 11.8. The Hall–Kier alpha value is -3.02. The van der Waals surface area contributed by atoms with E-state index in [1.165, 1.54) is 25.7 Å². The average molecular weight is 440 g/mol. The molecule has 0 aliphatic carbocycles. The summed E-state index contributed by atoms with van der Waals surface area (Å²) in [5.74, 6) is 0.591. The zero-order valence-electron chi connectivity index (χ0n) is 19.4. The smallest absolute Gasteiger partial charge is 0.251 e. The van der Waals surface area contributed by atoms with Gasteiger partial charge in [-0.2, -0.15) is 0 Å². The van der Waals surface area contributed by atoms with Gasteiger partial charge in [0.1, 0.15) is 5.75 Å². The topological polar surface area (TPSA) is 79.5 Å². The van der Waals surface area contributed by atoms with E-state index in [0.29, 0.717) is 17.8 Å². The van der Waals surface area contributed by atoms with E-state index >= 15 is 0 Å². The number of unbranched alkanes of at least 4 members (excludes halogenated alkanes) is 5. The highest BCUT2D eigenvalue weighted by Crippen LogP contribution is 2.16. The van der Waals surface area contributed by atoms with Crippen LogP contribution in [0.25, 0.3) is 0 Å². The number of carbonyl (C=O) groups excluding carboxylic acids is 2. The van der Waals surface area contributed by atoms with Gasteiger partial charge >= 0.3 is 0 Å².